The maximum atomic E-state index is 6.27. The predicted molar refractivity (Wildman–Crippen MR) is 88.2 cm³/mol. The first-order valence-electron chi connectivity index (χ1n) is 8.41. The summed E-state index contributed by atoms with van der Waals surface area (Å²) >= 11 is 0. The number of ether oxygens (including phenoxy) is 1. The third kappa shape index (κ3) is 3.34. The van der Waals surface area contributed by atoms with Crippen LogP contribution in [0.1, 0.15) is 38.7 Å². The van der Waals surface area contributed by atoms with Crippen LogP contribution in [0.3, 0.4) is 0 Å². The van der Waals surface area contributed by atoms with Gasteiger partial charge in [0.25, 0.3) is 0 Å². The van der Waals surface area contributed by atoms with Crippen molar-refractivity contribution in [2.24, 2.45) is 5.41 Å². The summed E-state index contributed by atoms with van der Waals surface area (Å²) in [4.78, 5) is 2.55. The van der Waals surface area contributed by atoms with E-state index < -0.39 is 0 Å². The lowest BCUT2D eigenvalue weighted by Gasteiger charge is -2.40. The molecule has 1 unspecified atom stereocenters. The minimum Gasteiger partial charge on any atom is -0.493 e. The fraction of sp³-hybridized carbons (Fsp3) is 0.667. The highest BCUT2D eigenvalue weighted by molar-refractivity contribution is 5.59. The SMILES string of the molecule is CCN1CCCC(C)(COc2cccc3c2CCCN3)C1. The molecule has 1 aromatic rings. The van der Waals surface area contributed by atoms with Crippen molar-refractivity contribution < 1.29 is 4.74 Å². The van der Waals surface area contributed by atoms with Crippen LogP contribution in [0.5, 0.6) is 5.75 Å². The van der Waals surface area contributed by atoms with E-state index in [0.717, 1.165) is 38.4 Å². The molecule has 0 bridgehead atoms. The van der Waals surface area contributed by atoms with E-state index in [4.69, 9.17) is 4.74 Å². The van der Waals surface area contributed by atoms with E-state index in [-0.39, 0.29) is 0 Å². The number of hydrogen-bond donors (Lipinski definition) is 1. The van der Waals surface area contributed by atoms with E-state index in [1.165, 1.54) is 37.1 Å². The fourth-order valence-electron chi connectivity index (χ4n) is 3.68. The molecule has 0 aliphatic carbocycles. The van der Waals surface area contributed by atoms with Crippen LogP contribution in [-0.4, -0.2) is 37.7 Å². The van der Waals surface area contributed by atoms with Crippen molar-refractivity contribution in [3.63, 3.8) is 0 Å². The number of nitrogens with zero attached hydrogens (tertiary/aromatic N) is 1. The summed E-state index contributed by atoms with van der Waals surface area (Å²) in [6.45, 7) is 10.1. The van der Waals surface area contributed by atoms with Crippen LogP contribution in [0.2, 0.25) is 0 Å². The van der Waals surface area contributed by atoms with Gasteiger partial charge in [-0.1, -0.05) is 19.9 Å². The zero-order valence-corrected chi connectivity index (χ0v) is 13.5. The molecule has 3 heteroatoms. The molecule has 3 rings (SSSR count). The second kappa shape index (κ2) is 6.27. The molecule has 2 aliphatic heterocycles. The summed E-state index contributed by atoms with van der Waals surface area (Å²) in [7, 11) is 0. The number of hydrogen-bond acceptors (Lipinski definition) is 3. The van der Waals surface area contributed by atoms with Crippen LogP contribution in [0.4, 0.5) is 5.69 Å². The van der Waals surface area contributed by atoms with Crippen LogP contribution in [-0.2, 0) is 6.42 Å². The highest BCUT2D eigenvalue weighted by Gasteiger charge is 2.31. The Hall–Kier alpha value is -1.22. The highest BCUT2D eigenvalue weighted by atomic mass is 16.5. The van der Waals surface area contributed by atoms with Gasteiger partial charge in [0.2, 0.25) is 0 Å². The molecule has 1 saturated heterocycles. The molecule has 1 N–H and O–H groups in total. The Morgan fingerprint density at radius 2 is 2.24 bits per heavy atom. The molecule has 0 amide bonds. The smallest absolute Gasteiger partial charge is 0.124 e. The van der Waals surface area contributed by atoms with Gasteiger partial charge in [-0.15, -0.1) is 0 Å². The molecule has 2 aliphatic rings. The topological polar surface area (TPSA) is 24.5 Å². The molecule has 2 heterocycles. The van der Waals surface area contributed by atoms with Crippen molar-refractivity contribution in [2.75, 3.05) is 38.1 Å². The Bertz CT molecular complexity index is 488. The Morgan fingerprint density at radius 1 is 1.33 bits per heavy atom. The second-order valence-corrected chi connectivity index (χ2v) is 6.88. The van der Waals surface area contributed by atoms with Gasteiger partial charge >= 0.3 is 0 Å². The summed E-state index contributed by atoms with van der Waals surface area (Å²) in [6.07, 6.45) is 4.91. The van der Waals surface area contributed by atoms with Gasteiger partial charge in [-0.25, -0.2) is 0 Å². The predicted octanol–water partition coefficient (Wildman–Crippen LogP) is 3.55. The molecule has 1 fully saturated rings. The van der Waals surface area contributed by atoms with Gasteiger partial charge in [0.1, 0.15) is 5.75 Å². The van der Waals surface area contributed by atoms with Gasteiger partial charge in [-0.05, 0) is 50.9 Å². The first-order chi connectivity index (χ1) is 10.2. The molecule has 116 valence electrons. The molecule has 0 radical (unpaired) electrons. The summed E-state index contributed by atoms with van der Waals surface area (Å²) in [6, 6.07) is 6.41. The number of nitrogens with one attached hydrogen (secondary N) is 1. The standard InChI is InChI=1S/C18H28N2O/c1-3-20-12-6-10-18(2,13-20)14-21-17-9-4-8-16-15(17)7-5-11-19-16/h4,8-9,19H,3,5-7,10-14H2,1-2H3. The summed E-state index contributed by atoms with van der Waals surface area (Å²) in [5, 5.41) is 3.48. The molecular weight excluding hydrogens is 260 g/mol. The molecule has 0 saturated carbocycles. The molecular formula is C18H28N2O. The van der Waals surface area contributed by atoms with Crippen molar-refractivity contribution in [3.05, 3.63) is 23.8 Å². The van der Waals surface area contributed by atoms with Crippen molar-refractivity contribution in [3.8, 4) is 5.75 Å². The van der Waals surface area contributed by atoms with Crippen molar-refractivity contribution in [2.45, 2.75) is 39.5 Å². The largest absolute Gasteiger partial charge is 0.493 e. The van der Waals surface area contributed by atoms with Crippen LogP contribution < -0.4 is 10.1 Å². The van der Waals surface area contributed by atoms with Crippen LogP contribution in [0.15, 0.2) is 18.2 Å². The van der Waals surface area contributed by atoms with Crippen molar-refractivity contribution in [1.29, 1.82) is 0 Å². The van der Waals surface area contributed by atoms with E-state index >= 15 is 0 Å². The first kappa shape index (κ1) is 14.7. The number of piperidine rings is 1. The number of anilines is 1. The monoisotopic (exact) mass is 288 g/mol. The number of likely N-dealkylation sites (tertiary alicyclic amines) is 1. The average Bonchev–Trinajstić information content (AvgIpc) is 2.53. The van der Waals surface area contributed by atoms with Gasteiger partial charge < -0.3 is 15.0 Å². The second-order valence-electron chi connectivity index (χ2n) is 6.88. The molecule has 0 spiro atoms. The van der Waals surface area contributed by atoms with Crippen LogP contribution >= 0.6 is 0 Å². The first-order valence-corrected chi connectivity index (χ1v) is 8.41. The van der Waals surface area contributed by atoms with Crippen molar-refractivity contribution >= 4 is 5.69 Å². The normalized spacial score (nSPS) is 26.0. The minimum absolute atomic E-state index is 0.291. The van der Waals surface area contributed by atoms with Crippen LogP contribution in [0.25, 0.3) is 0 Å². The Kier molecular flexibility index (Phi) is 4.39. The van der Waals surface area contributed by atoms with Gasteiger partial charge in [-0.2, -0.15) is 0 Å². The van der Waals surface area contributed by atoms with E-state index in [1.807, 2.05) is 0 Å². The Balaban J connectivity index is 1.67. The van der Waals surface area contributed by atoms with E-state index in [2.05, 4.69) is 42.3 Å². The van der Waals surface area contributed by atoms with E-state index in [1.54, 1.807) is 0 Å². The van der Waals surface area contributed by atoms with Gasteiger partial charge in [-0.3, -0.25) is 0 Å². The molecule has 1 atom stereocenters. The lowest BCUT2D eigenvalue weighted by Crippen LogP contribution is -2.44. The quantitative estimate of drug-likeness (QED) is 0.917. The van der Waals surface area contributed by atoms with Gasteiger partial charge in [0.05, 0.1) is 6.61 Å². The lowest BCUT2D eigenvalue weighted by atomic mass is 9.82. The maximum Gasteiger partial charge on any atom is 0.124 e. The maximum absolute atomic E-state index is 6.27. The summed E-state index contributed by atoms with van der Waals surface area (Å²) in [5.41, 5.74) is 2.93. The molecule has 1 aromatic carbocycles. The number of benzene rings is 1. The zero-order valence-electron chi connectivity index (χ0n) is 13.5. The average molecular weight is 288 g/mol. The van der Waals surface area contributed by atoms with E-state index in [9.17, 15) is 0 Å². The number of rotatable bonds is 4. The lowest BCUT2D eigenvalue weighted by molar-refractivity contribution is 0.0589. The third-order valence-electron chi connectivity index (χ3n) is 4.94. The minimum atomic E-state index is 0.291. The van der Waals surface area contributed by atoms with E-state index in [0.29, 0.717) is 5.41 Å². The zero-order chi connectivity index (χ0) is 14.7. The summed E-state index contributed by atoms with van der Waals surface area (Å²) < 4.78 is 6.27. The molecule has 3 nitrogen and oxygen atoms in total. The summed E-state index contributed by atoms with van der Waals surface area (Å²) in [5.74, 6) is 1.09. The van der Waals surface area contributed by atoms with Gasteiger partial charge in [0, 0.05) is 29.8 Å². The van der Waals surface area contributed by atoms with Gasteiger partial charge in [0.15, 0.2) is 0 Å². The van der Waals surface area contributed by atoms with Crippen molar-refractivity contribution in [1.82, 2.24) is 4.90 Å². The Labute approximate surface area is 128 Å². The Morgan fingerprint density at radius 3 is 3.10 bits per heavy atom. The molecule has 21 heavy (non-hydrogen) atoms. The fourth-order valence-corrected chi connectivity index (χ4v) is 3.68. The highest BCUT2D eigenvalue weighted by Crippen LogP contribution is 2.34. The third-order valence-corrected chi connectivity index (χ3v) is 4.94. The number of fused-ring (bicyclic) bond motifs is 1. The van der Waals surface area contributed by atoms with Crippen LogP contribution in [0, 0.1) is 5.41 Å². The molecule has 0 aromatic heterocycles.